The third-order valence-corrected chi connectivity index (χ3v) is 4.93. The molecule has 0 saturated carbocycles. The van der Waals surface area contributed by atoms with E-state index in [0.29, 0.717) is 6.29 Å². The van der Waals surface area contributed by atoms with Gasteiger partial charge in [0.25, 0.3) is 10.0 Å². The Balaban J connectivity index is 2.20. The van der Waals surface area contributed by atoms with Gasteiger partial charge in [0.05, 0.1) is 5.56 Å². The molecule has 0 spiro atoms. The maximum absolute atomic E-state index is 11.9. The van der Waals surface area contributed by atoms with Crippen molar-refractivity contribution < 1.29 is 32.4 Å². The molecule has 2 N–H and O–H groups in total. The molecule has 128 valence electrons. The molecule has 0 radical (unpaired) electrons. The minimum atomic E-state index is -3.68. The number of sulfonamides is 1. The first kappa shape index (κ1) is 18.2. The van der Waals surface area contributed by atoms with Crippen molar-refractivity contribution in [3.8, 4) is 5.75 Å². The standard InChI is InChI=1S/C14H16BNO7S/c1-16(2)24(20,21)14-7-6-10(23-14)9-22-13-5-3-4-12(15(18)19)11(13)8-17/h3-8,18-19H,9H2,1-2H3. The molecule has 2 aromatic rings. The third-order valence-electron chi connectivity index (χ3n) is 3.24. The predicted molar refractivity (Wildman–Crippen MR) is 85.6 cm³/mol. The Hall–Kier alpha value is -2.14. The Labute approximate surface area is 139 Å². The maximum Gasteiger partial charge on any atom is 0.489 e. The Bertz CT molecular complexity index is 829. The first-order valence-electron chi connectivity index (χ1n) is 6.85. The number of nitrogens with zero attached hydrogens (tertiary/aromatic N) is 1. The lowest BCUT2D eigenvalue weighted by Gasteiger charge is -2.11. The van der Waals surface area contributed by atoms with Crippen LogP contribution in [0.4, 0.5) is 0 Å². The van der Waals surface area contributed by atoms with Gasteiger partial charge in [-0.15, -0.1) is 0 Å². The summed E-state index contributed by atoms with van der Waals surface area (Å²) in [6.45, 7) is -0.130. The molecule has 0 fully saturated rings. The number of benzene rings is 1. The first-order valence-corrected chi connectivity index (χ1v) is 8.29. The van der Waals surface area contributed by atoms with Crippen molar-refractivity contribution in [2.75, 3.05) is 14.1 Å². The molecule has 24 heavy (non-hydrogen) atoms. The number of furan rings is 1. The van der Waals surface area contributed by atoms with Crippen LogP contribution in [-0.4, -0.2) is 50.3 Å². The van der Waals surface area contributed by atoms with Crippen molar-refractivity contribution in [1.29, 1.82) is 0 Å². The number of rotatable bonds is 7. The average molecular weight is 353 g/mol. The van der Waals surface area contributed by atoms with Gasteiger partial charge < -0.3 is 19.2 Å². The second-order valence-corrected chi connectivity index (χ2v) is 7.13. The molecule has 2 rings (SSSR count). The van der Waals surface area contributed by atoms with E-state index in [2.05, 4.69) is 0 Å². The van der Waals surface area contributed by atoms with Crippen molar-refractivity contribution in [2.45, 2.75) is 11.7 Å². The fraction of sp³-hybridized carbons (Fsp3) is 0.214. The van der Waals surface area contributed by atoms with Gasteiger partial charge in [-0.3, -0.25) is 4.79 Å². The number of hydrogen-bond acceptors (Lipinski definition) is 7. The SMILES string of the molecule is CN(C)S(=O)(=O)c1ccc(COc2cccc(B(O)O)c2C=O)o1. The predicted octanol–water partition coefficient (Wildman–Crippen LogP) is -0.399. The van der Waals surface area contributed by atoms with Crippen molar-refractivity contribution >= 4 is 28.9 Å². The molecule has 0 aliphatic carbocycles. The Morgan fingerprint density at radius 2 is 1.96 bits per heavy atom. The second kappa shape index (κ2) is 7.18. The fourth-order valence-electron chi connectivity index (χ4n) is 1.94. The minimum absolute atomic E-state index is 0.000178. The van der Waals surface area contributed by atoms with Crippen LogP contribution in [0, 0.1) is 0 Å². The monoisotopic (exact) mass is 353 g/mol. The van der Waals surface area contributed by atoms with Gasteiger partial charge in [0, 0.05) is 14.1 Å². The van der Waals surface area contributed by atoms with Crippen LogP contribution in [0.3, 0.4) is 0 Å². The zero-order chi connectivity index (χ0) is 17.9. The third kappa shape index (κ3) is 3.67. The summed E-state index contributed by atoms with van der Waals surface area (Å²) in [6, 6.07) is 7.12. The highest BCUT2D eigenvalue weighted by Gasteiger charge is 2.22. The summed E-state index contributed by atoms with van der Waals surface area (Å²) < 4.78 is 35.6. The second-order valence-electron chi connectivity index (χ2n) is 5.05. The molecule has 0 bridgehead atoms. The molecule has 0 unspecified atom stereocenters. The van der Waals surface area contributed by atoms with E-state index in [1.54, 1.807) is 0 Å². The lowest BCUT2D eigenvalue weighted by Crippen LogP contribution is -2.33. The van der Waals surface area contributed by atoms with Gasteiger partial charge in [0.1, 0.15) is 18.1 Å². The summed E-state index contributed by atoms with van der Waals surface area (Å²) in [5, 5.41) is 18.3. The molecular formula is C14H16BNO7S. The van der Waals surface area contributed by atoms with E-state index in [-0.39, 0.29) is 34.2 Å². The van der Waals surface area contributed by atoms with Gasteiger partial charge in [-0.05, 0) is 23.7 Å². The van der Waals surface area contributed by atoms with Crippen molar-refractivity contribution in [3.63, 3.8) is 0 Å². The largest absolute Gasteiger partial charge is 0.489 e. The van der Waals surface area contributed by atoms with Crippen LogP contribution < -0.4 is 10.2 Å². The first-order chi connectivity index (χ1) is 11.3. The van der Waals surface area contributed by atoms with Crippen LogP contribution in [-0.2, 0) is 16.6 Å². The van der Waals surface area contributed by atoms with Gasteiger partial charge in [-0.1, -0.05) is 12.1 Å². The number of aldehydes is 1. The smallest absolute Gasteiger partial charge is 0.485 e. The Morgan fingerprint density at radius 3 is 2.54 bits per heavy atom. The Morgan fingerprint density at radius 1 is 1.25 bits per heavy atom. The molecule has 0 amide bonds. The number of hydrogen-bond donors (Lipinski definition) is 2. The summed E-state index contributed by atoms with van der Waals surface area (Å²) in [6.07, 6.45) is 0.453. The molecule has 0 saturated heterocycles. The quantitative estimate of drug-likeness (QED) is 0.514. The lowest BCUT2D eigenvalue weighted by atomic mass is 9.77. The highest BCUT2D eigenvalue weighted by Crippen LogP contribution is 2.20. The molecule has 1 heterocycles. The number of carbonyl (C=O) groups is 1. The fourth-order valence-corrected chi connectivity index (χ4v) is 2.75. The van der Waals surface area contributed by atoms with Crippen LogP contribution in [0.25, 0.3) is 0 Å². The summed E-state index contributed by atoms with van der Waals surface area (Å²) in [4.78, 5) is 11.2. The van der Waals surface area contributed by atoms with Crippen molar-refractivity contribution in [1.82, 2.24) is 4.31 Å². The Kier molecular flexibility index (Phi) is 5.45. The summed E-state index contributed by atoms with van der Waals surface area (Å²) >= 11 is 0. The molecule has 1 aromatic carbocycles. The van der Waals surface area contributed by atoms with Crippen LogP contribution in [0.5, 0.6) is 5.75 Å². The number of carbonyl (C=O) groups excluding carboxylic acids is 1. The molecule has 0 aliphatic rings. The van der Waals surface area contributed by atoms with E-state index < -0.39 is 17.1 Å². The van der Waals surface area contributed by atoms with E-state index >= 15 is 0 Å². The van der Waals surface area contributed by atoms with Gasteiger partial charge in [0.15, 0.2) is 6.29 Å². The van der Waals surface area contributed by atoms with Crippen LogP contribution in [0.15, 0.2) is 39.8 Å². The maximum atomic E-state index is 11.9. The molecule has 0 atom stereocenters. The van der Waals surface area contributed by atoms with Gasteiger partial charge in [0.2, 0.25) is 5.09 Å². The van der Waals surface area contributed by atoms with Gasteiger partial charge >= 0.3 is 7.12 Å². The average Bonchev–Trinajstić information content (AvgIpc) is 3.01. The highest BCUT2D eigenvalue weighted by molar-refractivity contribution is 7.88. The van der Waals surface area contributed by atoms with Gasteiger partial charge in [-0.2, -0.15) is 0 Å². The molecule has 8 nitrogen and oxygen atoms in total. The van der Waals surface area contributed by atoms with E-state index in [4.69, 9.17) is 9.15 Å². The summed E-state index contributed by atoms with van der Waals surface area (Å²) in [5.74, 6) is 0.367. The normalized spacial score (nSPS) is 11.5. The zero-order valence-corrected chi connectivity index (χ0v) is 13.9. The molecule has 1 aromatic heterocycles. The minimum Gasteiger partial charge on any atom is -0.485 e. The lowest BCUT2D eigenvalue weighted by molar-refractivity contribution is 0.111. The molecule has 0 aliphatic heterocycles. The van der Waals surface area contributed by atoms with Crippen LogP contribution in [0.1, 0.15) is 16.1 Å². The summed E-state index contributed by atoms with van der Waals surface area (Å²) in [5.41, 5.74) is 0.0120. The van der Waals surface area contributed by atoms with E-state index in [1.807, 2.05) is 0 Å². The van der Waals surface area contributed by atoms with E-state index in [1.165, 1.54) is 44.4 Å². The van der Waals surface area contributed by atoms with Crippen LogP contribution in [0.2, 0.25) is 0 Å². The highest BCUT2D eigenvalue weighted by atomic mass is 32.2. The van der Waals surface area contributed by atoms with Crippen molar-refractivity contribution in [3.05, 3.63) is 41.7 Å². The molecular weight excluding hydrogens is 337 g/mol. The number of ether oxygens (including phenoxy) is 1. The topological polar surface area (TPSA) is 117 Å². The van der Waals surface area contributed by atoms with E-state index in [0.717, 1.165) is 4.31 Å². The zero-order valence-electron chi connectivity index (χ0n) is 13.0. The molecule has 10 heteroatoms. The van der Waals surface area contributed by atoms with Crippen LogP contribution >= 0.6 is 0 Å². The summed E-state index contributed by atoms with van der Waals surface area (Å²) in [7, 11) is -2.72. The van der Waals surface area contributed by atoms with E-state index in [9.17, 15) is 23.3 Å². The van der Waals surface area contributed by atoms with Gasteiger partial charge in [-0.25, -0.2) is 12.7 Å². The van der Waals surface area contributed by atoms with Crippen molar-refractivity contribution in [2.24, 2.45) is 0 Å².